The summed E-state index contributed by atoms with van der Waals surface area (Å²) in [5.74, 6) is 1.38. The van der Waals surface area contributed by atoms with E-state index < -0.39 is 0 Å². The third kappa shape index (κ3) is 1.56. The van der Waals surface area contributed by atoms with Gasteiger partial charge < -0.3 is 5.73 Å². The molecule has 0 bridgehead atoms. The lowest BCUT2D eigenvalue weighted by Gasteiger charge is -2.23. The normalized spacial score (nSPS) is 16.8. The van der Waals surface area contributed by atoms with Crippen molar-refractivity contribution in [3.63, 3.8) is 0 Å². The summed E-state index contributed by atoms with van der Waals surface area (Å²) < 4.78 is 1.77. The van der Waals surface area contributed by atoms with Crippen LogP contribution >= 0.6 is 0 Å². The number of nitrogens with two attached hydrogens (primary N) is 1. The van der Waals surface area contributed by atoms with Crippen LogP contribution in [0.4, 0.5) is 5.82 Å². The van der Waals surface area contributed by atoms with E-state index in [1.807, 2.05) is 12.3 Å². The molecule has 1 aliphatic rings. The number of hydrogen-bond acceptors (Lipinski definition) is 3. The van der Waals surface area contributed by atoms with E-state index in [1.54, 1.807) is 10.6 Å². The molecule has 0 atom stereocenters. The SMILES string of the molecule is Nc1ccc2nc(CC3CCC3)cn2n1. The summed E-state index contributed by atoms with van der Waals surface area (Å²) in [6, 6.07) is 3.70. The Balaban J connectivity index is 1.91. The summed E-state index contributed by atoms with van der Waals surface area (Å²) in [6.07, 6.45) is 7.16. The zero-order chi connectivity index (χ0) is 10.3. The van der Waals surface area contributed by atoms with Gasteiger partial charge in [0.1, 0.15) is 5.82 Å². The van der Waals surface area contributed by atoms with Gasteiger partial charge in [-0.05, 0) is 24.5 Å². The zero-order valence-corrected chi connectivity index (χ0v) is 8.56. The zero-order valence-electron chi connectivity index (χ0n) is 8.56. The molecule has 0 amide bonds. The van der Waals surface area contributed by atoms with Gasteiger partial charge in [-0.25, -0.2) is 9.50 Å². The van der Waals surface area contributed by atoms with E-state index in [0.29, 0.717) is 5.82 Å². The molecule has 78 valence electrons. The Morgan fingerprint density at radius 2 is 2.27 bits per heavy atom. The highest BCUT2D eigenvalue weighted by molar-refractivity contribution is 5.42. The highest BCUT2D eigenvalue weighted by Gasteiger charge is 2.19. The maximum atomic E-state index is 5.61. The fourth-order valence-corrected chi connectivity index (χ4v) is 2.04. The van der Waals surface area contributed by atoms with Crippen LogP contribution in [0.3, 0.4) is 0 Å². The van der Waals surface area contributed by atoms with E-state index in [1.165, 1.54) is 19.3 Å². The van der Waals surface area contributed by atoms with Crippen molar-refractivity contribution in [2.45, 2.75) is 25.7 Å². The number of hydrogen-bond donors (Lipinski definition) is 1. The first-order valence-electron chi connectivity index (χ1n) is 5.42. The van der Waals surface area contributed by atoms with Gasteiger partial charge in [-0.3, -0.25) is 0 Å². The second-order valence-corrected chi connectivity index (χ2v) is 4.29. The van der Waals surface area contributed by atoms with Crippen LogP contribution in [-0.2, 0) is 6.42 Å². The molecule has 1 aliphatic carbocycles. The fraction of sp³-hybridized carbons (Fsp3) is 0.455. The minimum atomic E-state index is 0.537. The molecule has 3 rings (SSSR count). The molecule has 0 aromatic carbocycles. The van der Waals surface area contributed by atoms with Crippen LogP contribution in [0.2, 0.25) is 0 Å². The predicted octanol–water partition coefficient (Wildman–Crippen LogP) is 1.65. The van der Waals surface area contributed by atoms with Crippen molar-refractivity contribution in [3.05, 3.63) is 24.0 Å². The lowest BCUT2D eigenvalue weighted by Crippen LogP contribution is -2.13. The van der Waals surface area contributed by atoms with Crippen LogP contribution < -0.4 is 5.73 Å². The second-order valence-electron chi connectivity index (χ2n) is 4.29. The largest absolute Gasteiger partial charge is 0.382 e. The van der Waals surface area contributed by atoms with E-state index in [2.05, 4.69) is 10.1 Å². The minimum Gasteiger partial charge on any atom is -0.382 e. The average molecular weight is 202 g/mol. The van der Waals surface area contributed by atoms with Gasteiger partial charge in [-0.2, -0.15) is 0 Å². The maximum Gasteiger partial charge on any atom is 0.153 e. The molecular weight excluding hydrogens is 188 g/mol. The third-order valence-corrected chi connectivity index (χ3v) is 3.11. The summed E-state index contributed by atoms with van der Waals surface area (Å²) in [5.41, 5.74) is 7.64. The molecule has 4 nitrogen and oxygen atoms in total. The van der Waals surface area contributed by atoms with Crippen molar-refractivity contribution >= 4 is 11.5 Å². The molecule has 1 fully saturated rings. The average Bonchev–Trinajstić information content (AvgIpc) is 2.53. The standard InChI is InChI=1S/C11H14N4/c12-10-4-5-11-13-9(7-15(11)14-10)6-8-2-1-3-8/h4-5,7-8H,1-3,6H2,(H2,12,14). The lowest BCUT2D eigenvalue weighted by atomic mass is 9.82. The topological polar surface area (TPSA) is 56.2 Å². The van der Waals surface area contributed by atoms with Crippen LogP contribution in [0, 0.1) is 5.92 Å². The van der Waals surface area contributed by atoms with Crippen LogP contribution in [0.5, 0.6) is 0 Å². The molecule has 2 aromatic heterocycles. The smallest absolute Gasteiger partial charge is 0.153 e. The number of anilines is 1. The highest BCUT2D eigenvalue weighted by Crippen LogP contribution is 2.29. The molecule has 2 heterocycles. The molecule has 0 radical (unpaired) electrons. The Hall–Kier alpha value is -1.58. The van der Waals surface area contributed by atoms with Crippen molar-refractivity contribution in [2.75, 3.05) is 5.73 Å². The number of rotatable bonds is 2. The third-order valence-electron chi connectivity index (χ3n) is 3.11. The van der Waals surface area contributed by atoms with Crippen LogP contribution in [0.15, 0.2) is 18.3 Å². The molecule has 2 N–H and O–H groups in total. The summed E-state index contributed by atoms with van der Waals surface area (Å²) in [7, 11) is 0. The number of imidazole rings is 1. The number of nitrogen functional groups attached to an aromatic ring is 1. The Morgan fingerprint density at radius 3 is 3.00 bits per heavy atom. The Morgan fingerprint density at radius 1 is 1.40 bits per heavy atom. The number of aromatic nitrogens is 3. The Labute approximate surface area is 88.1 Å². The quantitative estimate of drug-likeness (QED) is 0.805. The van der Waals surface area contributed by atoms with E-state index in [0.717, 1.165) is 23.7 Å². The van der Waals surface area contributed by atoms with Gasteiger partial charge in [0.2, 0.25) is 0 Å². The van der Waals surface area contributed by atoms with E-state index in [4.69, 9.17) is 5.73 Å². The first-order chi connectivity index (χ1) is 7.31. The highest BCUT2D eigenvalue weighted by atomic mass is 15.3. The van der Waals surface area contributed by atoms with Gasteiger partial charge in [-0.1, -0.05) is 19.3 Å². The van der Waals surface area contributed by atoms with Gasteiger partial charge in [0.25, 0.3) is 0 Å². The first kappa shape index (κ1) is 8.71. The maximum absolute atomic E-state index is 5.61. The Kier molecular flexibility index (Phi) is 1.87. The molecule has 4 heteroatoms. The molecule has 2 aromatic rings. The van der Waals surface area contributed by atoms with Gasteiger partial charge in [0, 0.05) is 0 Å². The fourth-order valence-electron chi connectivity index (χ4n) is 2.04. The van der Waals surface area contributed by atoms with Crippen molar-refractivity contribution < 1.29 is 0 Å². The molecule has 0 aliphatic heterocycles. The van der Waals surface area contributed by atoms with E-state index in [-0.39, 0.29) is 0 Å². The monoisotopic (exact) mass is 202 g/mol. The second kappa shape index (κ2) is 3.22. The summed E-state index contributed by atoms with van der Waals surface area (Å²) in [4.78, 5) is 4.52. The van der Waals surface area contributed by atoms with E-state index >= 15 is 0 Å². The number of nitrogens with zero attached hydrogens (tertiary/aromatic N) is 3. The Bertz CT molecular complexity index is 484. The van der Waals surface area contributed by atoms with Gasteiger partial charge in [-0.15, -0.1) is 5.10 Å². The molecule has 0 saturated heterocycles. The molecule has 1 saturated carbocycles. The summed E-state index contributed by atoms with van der Waals surface area (Å²) >= 11 is 0. The molecule has 0 spiro atoms. The molecular formula is C11H14N4. The van der Waals surface area contributed by atoms with Crippen molar-refractivity contribution in [1.29, 1.82) is 0 Å². The van der Waals surface area contributed by atoms with Crippen LogP contribution in [0.25, 0.3) is 5.65 Å². The van der Waals surface area contributed by atoms with Crippen LogP contribution in [-0.4, -0.2) is 14.6 Å². The molecule has 0 unspecified atom stereocenters. The van der Waals surface area contributed by atoms with Gasteiger partial charge >= 0.3 is 0 Å². The van der Waals surface area contributed by atoms with Crippen molar-refractivity contribution in [2.24, 2.45) is 5.92 Å². The molecule has 15 heavy (non-hydrogen) atoms. The van der Waals surface area contributed by atoms with Gasteiger partial charge in [0.15, 0.2) is 5.65 Å². The van der Waals surface area contributed by atoms with E-state index in [9.17, 15) is 0 Å². The first-order valence-corrected chi connectivity index (χ1v) is 5.42. The summed E-state index contributed by atoms with van der Waals surface area (Å²) in [5, 5.41) is 4.18. The van der Waals surface area contributed by atoms with Crippen molar-refractivity contribution in [3.8, 4) is 0 Å². The van der Waals surface area contributed by atoms with Crippen LogP contribution in [0.1, 0.15) is 25.0 Å². The minimum absolute atomic E-state index is 0.537. The predicted molar refractivity (Wildman–Crippen MR) is 58.4 cm³/mol. The number of fused-ring (bicyclic) bond motifs is 1. The summed E-state index contributed by atoms with van der Waals surface area (Å²) in [6.45, 7) is 0. The lowest BCUT2D eigenvalue weighted by molar-refractivity contribution is 0.312. The van der Waals surface area contributed by atoms with Gasteiger partial charge in [0.05, 0.1) is 11.9 Å². The van der Waals surface area contributed by atoms with Crippen molar-refractivity contribution in [1.82, 2.24) is 14.6 Å².